The molecule has 96 valence electrons. The largest absolute Gasteiger partial charge is 0.353 e. The van der Waals surface area contributed by atoms with Crippen molar-refractivity contribution >= 4 is 5.82 Å². The predicted octanol–water partition coefficient (Wildman–Crippen LogP) is 2.03. The maximum Gasteiger partial charge on any atom is 0.150 e. The van der Waals surface area contributed by atoms with E-state index in [1.807, 2.05) is 0 Å². The number of aromatic amines is 1. The third-order valence-electron chi connectivity index (χ3n) is 3.66. The van der Waals surface area contributed by atoms with Crippen LogP contribution in [0.5, 0.6) is 0 Å². The van der Waals surface area contributed by atoms with E-state index >= 15 is 0 Å². The van der Waals surface area contributed by atoms with Gasteiger partial charge in [0, 0.05) is 44.0 Å². The molecule has 1 aliphatic rings. The fourth-order valence-corrected chi connectivity index (χ4v) is 2.56. The van der Waals surface area contributed by atoms with E-state index in [2.05, 4.69) is 46.8 Å². The van der Waals surface area contributed by atoms with Gasteiger partial charge in [0.1, 0.15) is 0 Å². The number of aromatic nitrogens is 2. The van der Waals surface area contributed by atoms with Gasteiger partial charge < -0.3 is 4.90 Å². The molecule has 0 aromatic carbocycles. The lowest BCUT2D eigenvalue weighted by Crippen LogP contribution is -2.49. The Bertz CT molecular complexity index is 339. The summed E-state index contributed by atoms with van der Waals surface area (Å²) in [6.45, 7) is 11.2. The maximum absolute atomic E-state index is 4.33. The Kier molecular flexibility index (Phi) is 4.05. The fraction of sp³-hybridized carbons (Fsp3) is 0.769. The highest BCUT2D eigenvalue weighted by molar-refractivity contribution is 5.39. The minimum atomic E-state index is 0.725. The molecule has 4 nitrogen and oxygen atoms in total. The average Bonchev–Trinajstić information content (AvgIpc) is 2.76. The minimum absolute atomic E-state index is 0.725. The molecule has 0 amide bonds. The number of rotatable bonds is 4. The van der Waals surface area contributed by atoms with Crippen LogP contribution in [0.2, 0.25) is 0 Å². The van der Waals surface area contributed by atoms with Crippen molar-refractivity contribution in [2.24, 2.45) is 0 Å². The van der Waals surface area contributed by atoms with E-state index in [0.29, 0.717) is 0 Å². The maximum atomic E-state index is 4.33. The summed E-state index contributed by atoms with van der Waals surface area (Å²) in [5.74, 6) is 1.10. The van der Waals surface area contributed by atoms with E-state index in [0.717, 1.165) is 43.7 Å². The molecule has 1 fully saturated rings. The van der Waals surface area contributed by atoms with Gasteiger partial charge in [0.2, 0.25) is 0 Å². The van der Waals surface area contributed by atoms with Gasteiger partial charge in [-0.15, -0.1) is 0 Å². The lowest BCUT2D eigenvalue weighted by atomic mass is 10.1. The number of hydrogen-bond donors (Lipinski definition) is 1. The number of hydrogen-bond acceptors (Lipinski definition) is 3. The van der Waals surface area contributed by atoms with Crippen LogP contribution in [-0.2, 0) is 0 Å². The highest BCUT2D eigenvalue weighted by Crippen LogP contribution is 2.16. The number of piperazine rings is 1. The van der Waals surface area contributed by atoms with Crippen LogP contribution in [0.15, 0.2) is 6.07 Å². The quantitative estimate of drug-likeness (QED) is 0.869. The zero-order valence-corrected chi connectivity index (χ0v) is 11.2. The normalized spacial score (nSPS) is 19.6. The van der Waals surface area contributed by atoms with Crippen molar-refractivity contribution in [3.05, 3.63) is 11.8 Å². The van der Waals surface area contributed by atoms with E-state index in [9.17, 15) is 0 Å². The monoisotopic (exact) mass is 236 g/mol. The van der Waals surface area contributed by atoms with Crippen molar-refractivity contribution in [2.75, 3.05) is 31.1 Å². The molecule has 2 rings (SSSR count). The lowest BCUT2D eigenvalue weighted by Gasteiger charge is -2.38. The van der Waals surface area contributed by atoms with E-state index in [-0.39, 0.29) is 0 Å². The molecular weight excluding hydrogens is 212 g/mol. The molecule has 4 heteroatoms. The molecule has 17 heavy (non-hydrogen) atoms. The Labute approximate surface area is 104 Å². The highest BCUT2D eigenvalue weighted by Gasteiger charge is 2.21. The van der Waals surface area contributed by atoms with Gasteiger partial charge in [0.25, 0.3) is 0 Å². The fourth-order valence-electron chi connectivity index (χ4n) is 2.56. The molecule has 0 bridgehead atoms. The molecule has 0 radical (unpaired) electrons. The van der Waals surface area contributed by atoms with Gasteiger partial charge >= 0.3 is 0 Å². The smallest absolute Gasteiger partial charge is 0.150 e. The second kappa shape index (κ2) is 5.54. The lowest BCUT2D eigenvalue weighted by molar-refractivity contribution is 0.187. The van der Waals surface area contributed by atoms with Gasteiger partial charge in [-0.25, -0.2) is 0 Å². The topological polar surface area (TPSA) is 35.2 Å². The Morgan fingerprint density at radius 3 is 2.59 bits per heavy atom. The van der Waals surface area contributed by atoms with E-state index < -0.39 is 0 Å². The van der Waals surface area contributed by atoms with Crippen molar-refractivity contribution in [3.63, 3.8) is 0 Å². The van der Waals surface area contributed by atoms with Crippen LogP contribution in [0, 0.1) is 6.92 Å². The molecule has 1 atom stereocenters. The summed E-state index contributed by atoms with van der Waals surface area (Å²) >= 11 is 0. The summed E-state index contributed by atoms with van der Waals surface area (Å²) in [5.41, 5.74) is 1.14. The summed E-state index contributed by atoms with van der Waals surface area (Å²) in [6.07, 6.45) is 2.58. The molecule has 1 aromatic rings. The Morgan fingerprint density at radius 1 is 1.35 bits per heavy atom. The molecule has 0 aliphatic carbocycles. The first-order valence-electron chi connectivity index (χ1n) is 6.71. The zero-order chi connectivity index (χ0) is 12.3. The molecule has 1 N–H and O–H groups in total. The standard InChI is InChI=1S/C13H24N4/c1-4-5-12(3)16-6-8-17(9-7-16)13-10-11(2)14-15-13/h10,12H,4-9H2,1-3H3,(H,14,15). The number of anilines is 1. The SMILES string of the molecule is CCCC(C)N1CCN(c2cc(C)[nH]n2)CC1. The van der Waals surface area contributed by atoms with Crippen LogP contribution in [-0.4, -0.2) is 47.3 Å². The van der Waals surface area contributed by atoms with Gasteiger partial charge in [-0.1, -0.05) is 13.3 Å². The third-order valence-corrected chi connectivity index (χ3v) is 3.66. The molecule has 1 saturated heterocycles. The predicted molar refractivity (Wildman–Crippen MR) is 71.5 cm³/mol. The van der Waals surface area contributed by atoms with Gasteiger partial charge in [-0.3, -0.25) is 10.00 Å². The van der Waals surface area contributed by atoms with Gasteiger partial charge in [-0.2, -0.15) is 5.10 Å². The second-order valence-corrected chi connectivity index (χ2v) is 5.07. The molecule has 1 unspecified atom stereocenters. The van der Waals surface area contributed by atoms with Gasteiger partial charge in [-0.05, 0) is 20.3 Å². The Hall–Kier alpha value is -1.03. The van der Waals surface area contributed by atoms with Crippen molar-refractivity contribution in [1.29, 1.82) is 0 Å². The van der Waals surface area contributed by atoms with Gasteiger partial charge in [0.05, 0.1) is 0 Å². The van der Waals surface area contributed by atoms with Crippen LogP contribution in [0.3, 0.4) is 0 Å². The number of nitrogens with one attached hydrogen (secondary N) is 1. The minimum Gasteiger partial charge on any atom is -0.353 e. The van der Waals surface area contributed by atoms with E-state index in [1.165, 1.54) is 12.8 Å². The van der Waals surface area contributed by atoms with Crippen LogP contribution in [0.4, 0.5) is 5.82 Å². The number of nitrogens with zero attached hydrogens (tertiary/aromatic N) is 3. The molecule has 2 heterocycles. The van der Waals surface area contributed by atoms with Gasteiger partial charge in [0.15, 0.2) is 5.82 Å². The molecule has 0 saturated carbocycles. The first-order chi connectivity index (χ1) is 8.20. The van der Waals surface area contributed by atoms with E-state index in [4.69, 9.17) is 0 Å². The number of H-pyrrole nitrogens is 1. The Balaban J connectivity index is 1.85. The first-order valence-corrected chi connectivity index (χ1v) is 6.71. The Morgan fingerprint density at radius 2 is 2.06 bits per heavy atom. The summed E-state index contributed by atoms with van der Waals surface area (Å²) < 4.78 is 0. The zero-order valence-electron chi connectivity index (χ0n) is 11.2. The van der Waals surface area contributed by atoms with Crippen LogP contribution in [0.1, 0.15) is 32.4 Å². The summed E-state index contributed by atoms with van der Waals surface area (Å²) in [5, 5.41) is 7.34. The van der Waals surface area contributed by atoms with Crippen molar-refractivity contribution in [2.45, 2.75) is 39.7 Å². The first kappa shape index (κ1) is 12.4. The van der Waals surface area contributed by atoms with Crippen molar-refractivity contribution < 1.29 is 0 Å². The van der Waals surface area contributed by atoms with E-state index in [1.54, 1.807) is 0 Å². The second-order valence-electron chi connectivity index (χ2n) is 5.07. The van der Waals surface area contributed by atoms with Crippen LogP contribution < -0.4 is 4.90 Å². The highest BCUT2D eigenvalue weighted by atomic mass is 15.3. The van der Waals surface area contributed by atoms with Crippen molar-refractivity contribution in [1.82, 2.24) is 15.1 Å². The molecule has 1 aromatic heterocycles. The molecule has 1 aliphatic heterocycles. The number of aryl methyl sites for hydroxylation is 1. The summed E-state index contributed by atoms with van der Waals surface area (Å²) in [4.78, 5) is 4.97. The van der Waals surface area contributed by atoms with Crippen molar-refractivity contribution in [3.8, 4) is 0 Å². The molecular formula is C13H24N4. The summed E-state index contributed by atoms with van der Waals surface area (Å²) in [7, 11) is 0. The summed E-state index contributed by atoms with van der Waals surface area (Å²) in [6, 6.07) is 2.86. The van der Waals surface area contributed by atoms with Crippen LogP contribution in [0.25, 0.3) is 0 Å². The average molecular weight is 236 g/mol. The van der Waals surface area contributed by atoms with Crippen LogP contribution >= 0.6 is 0 Å². The molecule has 0 spiro atoms. The third kappa shape index (κ3) is 3.00.